The van der Waals surface area contributed by atoms with Crippen molar-refractivity contribution in [1.29, 1.82) is 0 Å². The lowest BCUT2D eigenvalue weighted by molar-refractivity contribution is 0.311. The Hall–Kier alpha value is -1.92. The summed E-state index contributed by atoms with van der Waals surface area (Å²) in [5.41, 5.74) is 1.94. The summed E-state index contributed by atoms with van der Waals surface area (Å²) in [6.45, 7) is 3.18. The molecule has 0 amide bonds. The Balaban J connectivity index is 1.75. The maximum absolute atomic E-state index is 6.33. The second-order valence-electron chi connectivity index (χ2n) is 7.47. The predicted molar refractivity (Wildman–Crippen MR) is 123 cm³/mol. The molecule has 154 valence electrons. The summed E-state index contributed by atoms with van der Waals surface area (Å²) in [4.78, 5) is 13.9. The van der Waals surface area contributed by atoms with Gasteiger partial charge in [0.15, 0.2) is 0 Å². The highest BCUT2D eigenvalue weighted by atomic mass is 35.5. The fourth-order valence-corrected chi connectivity index (χ4v) is 3.57. The molecule has 3 aromatic rings. The third kappa shape index (κ3) is 6.03. The second kappa shape index (κ2) is 10.2. The molecular weight excluding hydrogens is 405 g/mol. The Morgan fingerprint density at radius 1 is 0.931 bits per heavy atom. The van der Waals surface area contributed by atoms with Gasteiger partial charge >= 0.3 is 0 Å². The van der Waals surface area contributed by atoms with Gasteiger partial charge in [0, 0.05) is 18.5 Å². The highest BCUT2D eigenvalue weighted by Crippen LogP contribution is 2.27. The minimum atomic E-state index is 0.573. The smallest absolute Gasteiger partial charge is 0.145 e. The molecule has 0 aliphatic heterocycles. The molecule has 3 rings (SSSR count). The molecule has 7 heteroatoms. The summed E-state index contributed by atoms with van der Waals surface area (Å²) < 4.78 is 0. The van der Waals surface area contributed by atoms with Crippen LogP contribution in [0.2, 0.25) is 10.0 Å². The van der Waals surface area contributed by atoms with Gasteiger partial charge in [-0.1, -0.05) is 47.5 Å². The molecule has 2 aromatic carbocycles. The first-order chi connectivity index (χ1) is 13.9. The molecule has 0 saturated carbocycles. The van der Waals surface area contributed by atoms with Gasteiger partial charge in [-0.15, -0.1) is 0 Å². The molecule has 0 aliphatic rings. The minimum Gasteiger partial charge on any atom is -0.369 e. The summed E-state index contributed by atoms with van der Waals surface area (Å²) in [5.74, 6) is 1.66. The maximum atomic E-state index is 6.33. The van der Waals surface area contributed by atoms with Crippen LogP contribution in [-0.4, -0.2) is 54.0 Å². The predicted octanol–water partition coefficient (Wildman–Crippen LogP) is 4.93. The Labute approximate surface area is 182 Å². The largest absolute Gasteiger partial charge is 0.369 e. The zero-order chi connectivity index (χ0) is 20.8. The molecule has 0 aliphatic carbocycles. The Morgan fingerprint density at radius 3 is 2.52 bits per heavy atom. The molecule has 0 saturated heterocycles. The number of para-hydroxylation sites is 1. The van der Waals surface area contributed by atoms with Crippen molar-refractivity contribution in [2.75, 3.05) is 39.5 Å². The fourth-order valence-electron chi connectivity index (χ4n) is 3.19. The first-order valence-corrected chi connectivity index (χ1v) is 10.5. The number of halogens is 2. The van der Waals surface area contributed by atoms with Crippen LogP contribution >= 0.6 is 23.2 Å². The van der Waals surface area contributed by atoms with Crippen LogP contribution < -0.4 is 5.32 Å². The standard InChI is InChI=1S/C22H27Cl2N5/c1-28(2)13-7-12-25-22-17-9-4-5-11-19(17)26-20(27-22)15-29(3)14-16-8-6-10-18(23)21(16)24/h4-6,8-11H,7,12-15H2,1-3H3,(H,25,26,27). The van der Waals surface area contributed by atoms with Crippen LogP contribution in [0.5, 0.6) is 0 Å². The summed E-state index contributed by atoms with van der Waals surface area (Å²) in [6.07, 6.45) is 1.05. The molecule has 0 radical (unpaired) electrons. The van der Waals surface area contributed by atoms with E-state index in [-0.39, 0.29) is 0 Å². The number of nitrogens with zero attached hydrogens (tertiary/aromatic N) is 4. The lowest BCUT2D eigenvalue weighted by atomic mass is 10.2. The Morgan fingerprint density at radius 2 is 1.72 bits per heavy atom. The SMILES string of the molecule is CN(C)CCCNc1nc(CN(C)Cc2cccc(Cl)c2Cl)nc2ccccc12. The highest BCUT2D eigenvalue weighted by Gasteiger charge is 2.12. The van der Waals surface area contributed by atoms with Crippen molar-refractivity contribution in [3.05, 3.63) is 63.9 Å². The van der Waals surface area contributed by atoms with E-state index in [1.54, 1.807) is 6.07 Å². The number of hydrogen-bond acceptors (Lipinski definition) is 5. The molecule has 0 atom stereocenters. The van der Waals surface area contributed by atoms with Crippen LogP contribution in [0.1, 0.15) is 17.8 Å². The van der Waals surface area contributed by atoms with Gasteiger partial charge in [-0.2, -0.15) is 0 Å². The molecule has 0 spiro atoms. The van der Waals surface area contributed by atoms with Gasteiger partial charge in [-0.25, -0.2) is 9.97 Å². The van der Waals surface area contributed by atoms with E-state index in [0.29, 0.717) is 23.1 Å². The van der Waals surface area contributed by atoms with E-state index in [1.807, 2.05) is 37.4 Å². The van der Waals surface area contributed by atoms with Gasteiger partial charge in [0.05, 0.1) is 22.1 Å². The molecule has 1 N–H and O–H groups in total. The van der Waals surface area contributed by atoms with Crippen LogP contribution in [0.15, 0.2) is 42.5 Å². The molecule has 29 heavy (non-hydrogen) atoms. The van der Waals surface area contributed by atoms with E-state index < -0.39 is 0 Å². The molecule has 0 fully saturated rings. The number of rotatable bonds is 9. The van der Waals surface area contributed by atoms with E-state index in [4.69, 9.17) is 33.2 Å². The molecule has 1 aromatic heterocycles. The second-order valence-corrected chi connectivity index (χ2v) is 8.26. The number of anilines is 1. The van der Waals surface area contributed by atoms with E-state index in [0.717, 1.165) is 47.6 Å². The number of benzene rings is 2. The molecule has 5 nitrogen and oxygen atoms in total. The van der Waals surface area contributed by atoms with Crippen molar-refractivity contribution < 1.29 is 0 Å². The molecular formula is C22H27Cl2N5. The average molecular weight is 432 g/mol. The van der Waals surface area contributed by atoms with Crippen LogP contribution in [0.25, 0.3) is 10.9 Å². The van der Waals surface area contributed by atoms with Crippen molar-refractivity contribution in [2.24, 2.45) is 0 Å². The summed E-state index contributed by atoms with van der Waals surface area (Å²) >= 11 is 12.5. The zero-order valence-corrected chi connectivity index (χ0v) is 18.6. The van der Waals surface area contributed by atoms with E-state index in [1.165, 1.54) is 0 Å². The third-order valence-corrected chi connectivity index (χ3v) is 5.47. The van der Waals surface area contributed by atoms with Crippen LogP contribution in [0, 0.1) is 0 Å². The molecule has 0 unspecified atom stereocenters. The molecule has 0 bridgehead atoms. The van der Waals surface area contributed by atoms with Gasteiger partial charge in [0.2, 0.25) is 0 Å². The Kier molecular flexibility index (Phi) is 7.67. The lowest BCUT2D eigenvalue weighted by Crippen LogP contribution is -2.20. The first kappa shape index (κ1) is 21.8. The van der Waals surface area contributed by atoms with Crippen molar-refractivity contribution in [2.45, 2.75) is 19.5 Å². The normalized spacial score (nSPS) is 11.6. The van der Waals surface area contributed by atoms with Crippen molar-refractivity contribution >= 4 is 39.9 Å². The summed E-state index contributed by atoms with van der Waals surface area (Å²) in [6, 6.07) is 13.8. The van der Waals surface area contributed by atoms with Crippen LogP contribution in [-0.2, 0) is 13.1 Å². The van der Waals surface area contributed by atoms with E-state index >= 15 is 0 Å². The average Bonchev–Trinajstić information content (AvgIpc) is 2.68. The number of fused-ring (bicyclic) bond motifs is 1. The topological polar surface area (TPSA) is 44.3 Å². The van der Waals surface area contributed by atoms with Crippen molar-refractivity contribution in [3.8, 4) is 0 Å². The van der Waals surface area contributed by atoms with Crippen molar-refractivity contribution in [3.63, 3.8) is 0 Å². The van der Waals surface area contributed by atoms with E-state index in [2.05, 4.69) is 35.3 Å². The lowest BCUT2D eigenvalue weighted by Gasteiger charge is -2.18. The van der Waals surface area contributed by atoms with Gasteiger partial charge in [-0.3, -0.25) is 4.90 Å². The Bertz CT molecular complexity index is 961. The minimum absolute atomic E-state index is 0.573. The van der Waals surface area contributed by atoms with Crippen LogP contribution in [0.3, 0.4) is 0 Å². The first-order valence-electron chi connectivity index (χ1n) is 9.69. The van der Waals surface area contributed by atoms with E-state index in [9.17, 15) is 0 Å². The number of hydrogen-bond donors (Lipinski definition) is 1. The molecule has 1 heterocycles. The number of nitrogens with one attached hydrogen (secondary N) is 1. The van der Waals surface area contributed by atoms with Gasteiger partial charge in [0.1, 0.15) is 11.6 Å². The number of aromatic nitrogens is 2. The highest BCUT2D eigenvalue weighted by molar-refractivity contribution is 6.42. The monoisotopic (exact) mass is 431 g/mol. The van der Waals surface area contributed by atoms with Gasteiger partial charge < -0.3 is 10.2 Å². The summed E-state index contributed by atoms with van der Waals surface area (Å²) in [7, 11) is 6.19. The van der Waals surface area contributed by atoms with Crippen molar-refractivity contribution in [1.82, 2.24) is 19.8 Å². The maximum Gasteiger partial charge on any atom is 0.145 e. The van der Waals surface area contributed by atoms with Gasteiger partial charge in [0.25, 0.3) is 0 Å². The van der Waals surface area contributed by atoms with Gasteiger partial charge in [-0.05, 0) is 57.9 Å². The summed E-state index contributed by atoms with van der Waals surface area (Å²) in [5, 5.41) is 5.70. The quantitative estimate of drug-likeness (QED) is 0.486. The third-order valence-electron chi connectivity index (χ3n) is 4.61. The fraction of sp³-hybridized carbons (Fsp3) is 0.364. The zero-order valence-electron chi connectivity index (χ0n) is 17.1. The van der Waals surface area contributed by atoms with Crippen LogP contribution in [0.4, 0.5) is 5.82 Å².